The third-order valence-corrected chi connectivity index (χ3v) is 6.65. The van der Waals surface area contributed by atoms with Crippen LogP contribution in [0.2, 0.25) is 0 Å². The molecule has 1 aromatic rings. The van der Waals surface area contributed by atoms with Gasteiger partial charge in [0.25, 0.3) is 11.6 Å². The van der Waals surface area contributed by atoms with Crippen LogP contribution >= 0.6 is 0 Å². The van der Waals surface area contributed by atoms with Crippen LogP contribution in [-0.2, 0) is 0 Å². The maximum atomic E-state index is 14.2. The van der Waals surface area contributed by atoms with E-state index in [1.807, 2.05) is 20.8 Å². The molecule has 3 rings (SSSR count). The predicted molar refractivity (Wildman–Crippen MR) is 103 cm³/mol. The van der Waals surface area contributed by atoms with Crippen molar-refractivity contribution in [1.29, 1.82) is 0 Å². The van der Waals surface area contributed by atoms with E-state index < -0.39 is 23.7 Å². The molecule has 29 heavy (non-hydrogen) atoms. The van der Waals surface area contributed by atoms with E-state index in [0.717, 1.165) is 6.42 Å². The molecule has 0 aromatic heterocycles. The number of hydrogen-bond acceptors (Lipinski definition) is 4. The Morgan fingerprint density at radius 2 is 2.07 bits per heavy atom. The molecular weight excluding hydrogens is 385 g/mol. The Bertz CT molecular complexity index is 822. The smallest absolute Gasteiger partial charge is 0.439 e. The number of alkyl halides is 3. The van der Waals surface area contributed by atoms with Crippen molar-refractivity contribution >= 4 is 11.6 Å². The van der Waals surface area contributed by atoms with E-state index in [1.165, 1.54) is 25.3 Å². The molecule has 5 nitrogen and oxygen atoms in total. The van der Waals surface area contributed by atoms with E-state index in [1.54, 1.807) is 6.07 Å². The van der Waals surface area contributed by atoms with Gasteiger partial charge in [-0.05, 0) is 48.8 Å². The molecule has 0 saturated heterocycles. The van der Waals surface area contributed by atoms with Gasteiger partial charge in [-0.15, -0.1) is 0 Å². The molecule has 1 aliphatic heterocycles. The first-order chi connectivity index (χ1) is 13.5. The topological polar surface area (TPSA) is 62.1 Å². The van der Waals surface area contributed by atoms with Crippen molar-refractivity contribution in [3.63, 3.8) is 0 Å². The van der Waals surface area contributed by atoms with Gasteiger partial charge in [-0.25, -0.2) is 0 Å². The zero-order chi connectivity index (χ0) is 21.6. The van der Waals surface area contributed by atoms with E-state index in [2.05, 4.69) is 5.10 Å². The highest BCUT2D eigenvalue weighted by Crippen LogP contribution is 2.52. The molecule has 160 valence electrons. The molecule has 1 heterocycles. The lowest BCUT2D eigenvalue weighted by Crippen LogP contribution is -2.62. The standard InChI is InChI=1S/C21H27F3N2O3/c1-5-19(2,3)14-9-10-17-16(12-14)20(28,21(22,23)24)26(25-17)18(27)13-7-6-8-15(11-13)29-4/h6-8,11,14,16,28H,5,9-10,12H2,1-4H3/t14-,16+,20+/m1/s1. The minimum Gasteiger partial charge on any atom is -0.497 e. The monoisotopic (exact) mass is 412 g/mol. The van der Waals surface area contributed by atoms with Crippen molar-refractivity contribution in [2.45, 2.75) is 58.4 Å². The first-order valence-electron chi connectivity index (χ1n) is 9.80. The van der Waals surface area contributed by atoms with E-state index in [0.29, 0.717) is 18.6 Å². The van der Waals surface area contributed by atoms with Crippen LogP contribution in [0, 0.1) is 17.3 Å². The van der Waals surface area contributed by atoms with Crippen molar-refractivity contribution in [2.24, 2.45) is 22.4 Å². The summed E-state index contributed by atoms with van der Waals surface area (Å²) in [6.07, 6.45) is -3.08. The third-order valence-electron chi connectivity index (χ3n) is 6.65. The molecule has 1 aromatic carbocycles. The number of fused-ring (bicyclic) bond motifs is 1. The lowest BCUT2D eigenvalue weighted by atomic mass is 9.64. The summed E-state index contributed by atoms with van der Waals surface area (Å²) in [7, 11) is 1.40. The van der Waals surface area contributed by atoms with Crippen LogP contribution in [-0.4, -0.2) is 40.7 Å². The fourth-order valence-corrected chi connectivity index (χ4v) is 4.30. The average molecular weight is 412 g/mol. The second-order valence-corrected chi connectivity index (χ2v) is 8.53. The Balaban J connectivity index is 2.00. The number of hydrogen-bond donors (Lipinski definition) is 1. The van der Waals surface area contributed by atoms with Crippen molar-refractivity contribution in [3.05, 3.63) is 29.8 Å². The van der Waals surface area contributed by atoms with Gasteiger partial charge in [-0.3, -0.25) is 4.79 Å². The molecule has 8 heteroatoms. The molecule has 1 aliphatic carbocycles. The second-order valence-electron chi connectivity index (χ2n) is 8.53. The van der Waals surface area contributed by atoms with Gasteiger partial charge in [-0.2, -0.15) is 23.3 Å². The highest BCUT2D eigenvalue weighted by atomic mass is 19.4. The predicted octanol–water partition coefficient (Wildman–Crippen LogP) is 4.61. The third kappa shape index (κ3) is 3.52. The van der Waals surface area contributed by atoms with Gasteiger partial charge in [0.05, 0.1) is 13.0 Å². The molecule has 1 saturated carbocycles. The molecule has 2 aliphatic rings. The fraction of sp³-hybridized carbons (Fsp3) is 0.619. The largest absolute Gasteiger partial charge is 0.497 e. The first-order valence-corrected chi connectivity index (χ1v) is 9.80. The fourth-order valence-electron chi connectivity index (χ4n) is 4.30. The zero-order valence-electron chi connectivity index (χ0n) is 17.1. The Morgan fingerprint density at radius 1 is 1.38 bits per heavy atom. The Hall–Kier alpha value is -2.09. The molecule has 0 bridgehead atoms. The highest BCUT2D eigenvalue weighted by Gasteiger charge is 2.69. The van der Waals surface area contributed by atoms with Crippen molar-refractivity contribution < 1.29 is 27.8 Å². The second kappa shape index (κ2) is 7.31. The van der Waals surface area contributed by atoms with Crippen molar-refractivity contribution in [2.75, 3.05) is 7.11 Å². The Morgan fingerprint density at radius 3 is 2.66 bits per heavy atom. The summed E-state index contributed by atoms with van der Waals surface area (Å²) >= 11 is 0. The number of rotatable bonds is 4. The summed E-state index contributed by atoms with van der Waals surface area (Å²) in [5.41, 5.74) is -3.31. The summed E-state index contributed by atoms with van der Waals surface area (Å²) in [4.78, 5) is 13.0. The van der Waals surface area contributed by atoms with Crippen LogP contribution < -0.4 is 4.74 Å². The van der Waals surface area contributed by atoms with Gasteiger partial charge in [-0.1, -0.05) is 33.3 Å². The van der Waals surface area contributed by atoms with Crippen LogP contribution in [0.25, 0.3) is 0 Å². The number of carbonyl (C=O) groups is 1. The summed E-state index contributed by atoms with van der Waals surface area (Å²) in [6, 6.07) is 5.81. The zero-order valence-corrected chi connectivity index (χ0v) is 17.1. The molecule has 1 fully saturated rings. The van der Waals surface area contributed by atoms with E-state index >= 15 is 0 Å². The number of aliphatic hydroxyl groups is 1. The quantitative estimate of drug-likeness (QED) is 0.786. The number of hydrazone groups is 1. The summed E-state index contributed by atoms with van der Waals surface area (Å²) in [5.74, 6) is -1.93. The highest BCUT2D eigenvalue weighted by molar-refractivity contribution is 5.99. The Kier molecular flexibility index (Phi) is 5.45. The van der Waals surface area contributed by atoms with Gasteiger partial charge in [0, 0.05) is 11.3 Å². The van der Waals surface area contributed by atoms with Crippen LogP contribution in [0.4, 0.5) is 13.2 Å². The van der Waals surface area contributed by atoms with Gasteiger partial charge in [0.15, 0.2) is 0 Å². The Labute approximate surface area is 168 Å². The molecule has 0 radical (unpaired) electrons. The maximum Gasteiger partial charge on any atom is 0.439 e. The lowest BCUT2D eigenvalue weighted by Gasteiger charge is -2.43. The SMILES string of the molecule is CCC(C)(C)[C@@H]1CCC2=NN(C(=O)c3cccc(OC)c3)[C@@](O)(C(F)(F)F)[C@H]2C1. The number of halogens is 3. The van der Waals surface area contributed by atoms with Gasteiger partial charge in [0.1, 0.15) is 5.75 Å². The molecular formula is C21H27F3N2O3. The minimum atomic E-state index is -5.05. The van der Waals surface area contributed by atoms with E-state index in [-0.39, 0.29) is 34.0 Å². The molecule has 1 amide bonds. The van der Waals surface area contributed by atoms with Crippen LogP contribution in [0.3, 0.4) is 0 Å². The molecule has 3 atom stereocenters. The van der Waals surface area contributed by atoms with Crippen molar-refractivity contribution in [1.82, 2.24) is 5.01 Å². The minimum absolute atomic E-state index is 0.00260. The number of methoxy groups -OCH3 is 1. The van der Waals surface area contributed by atoms with Gasteiger partial charge < -0.3 is 9.84 Å². The normalized spacial score (nSPS) is 27.4. The van der Waals surface area contributed by atoms with Crippen LogP contribution in [0.15, 0.2) is 29.4 Å². The maximum absolute atomic E-state index is 14.2. The van der Waals surface area contributed by atoms with E-state index in [4.69, 9.17) is 4.74 Å². The molecule has 1 N–H and O–H groups in total. The number of amides is 1. The number of nitrogens with zero attached hydrogens (tertiary/aromatic N) is 2. The summed E-state index contributed by atoms with van der Waals surface area (Å²) in [5, 5.41) is 15.2. The lowest BCUT2D eigenvalue weighted by molar-refractivity contribution is -0.314. The van der Waals surface area contributed by atoms with Gasteiger partial charge in [0.2, 0.25) is 0 Å². The van der Waals surface area contributed by atoms with Crippen molar-refractivity contribution in [3.8, 4) is 5.75 Å². The van der Waals surface area contributed by atoms with E-state index in [9.17, 15) is 23.1 Å². The average Bonchev–Trinajstić information content (AvgIpc) is 3.00. The first kappa shape index (κ1) is 21.6. The molecule has 0 spiro atoms. The van der Waals surface area contributed by atoms with Crippen LogP contribution in [0.5, 0.6) is 5.75 Å². The number of benzene rings is 1. The van der Waals surface area contributed by atoms with Gasteiger partial charge >= 0.3 is 6.18 Å². The summed E-state index contributed by atoms with van der Waals surface area (Å²) in [6.45, 7) is 6.06. The van der Waals surface area contributed by atoms with Crippen LogP contribution in [0.1, 0.15) is 56.8 Å². The number of ether oxygens (including phenoxy) is 1. The molecule has 0 unspecified atom stereocenters. The number of carbonyl (C=O) groups excluding carboxylic acids is 1. The summed E-state index contributed by atoms with van der Waals surface area (Å²) < 4.78 is 47.5.